The summed E-state index contributed by atoms with van der Waals surface area (Å²) in [6.45, 7) is 1.65. The first kappa shape index (κ1) is 10.2. The molecule has 0 radical (unpaired) electrons. The van der Waals surface area contributed by atoms with E-state index in [0.717, 1.165) is 36.3 Å². The van der Waals surface area contributed by atoms with Crippen molar-refractivity contribution in [2.24, 2.45) is 11.7 Å². The number of hydrogen-bond donors (Lipinski definition) is 1. The second kappa shape index (κ2) is 4.47. The zero-order valence-corrected chi connectivity index (χ0v) is 9.50. The fourth-order valence-corrected chi connectivity index (χ4v) is 2.38. The Morgan fingerprint density at radius 2 is 2.14 bits per heavy atom. The zero-order valence-electron chi connectivity index (χ0n) is 7.91. The lowest BCUT2D eigenvalue weighted by molar-refractivity contribution is 0.0582. The molecule has 1 aliphatic heterocycles. The van der Waals surface area contributed by atoms with Crippen LogP contribution in [0.2, 0.25) is 0 Å². The van der Waals surface area contributed by atoms with Crippen molar-refractivity contribution in [3.05, 3.63) is 22.6 Å². The molecule has 1 unspecified atom stereocenters. The van der Waals surface area contributed by atoms with Crippen molar-refractivity contribution in [3.63, 3.8) is 0 Å². The van der Waals surface area contributed by atoms with Gasteiger partial charge >= 0.3 is 0 Å². The Hall–Kier alpha value is -0.320. The van der Waals surface area contributed by atoms with Crippen molar-refractivity contribution in [1.82, 2.24) is 0 Å². The van der Waals surface area contributed by atoms with Crippen LogP contribution in [0, 0.1) is 5.92 Å². The van der Waals surface area contributed by atoms with E-state index >= 15 is 0 Å². The maximum atomic E-state index is 6.17. The van der Waals surface area contributed by atoms with E-state index in [9.17, 15) is 0 Å². The van der Waals surface area contributed by atoms with Gasteiger partial charge in [-0.15, -0.1) is 0 Å². The molecule has 4 heteroatoms. The molecule has 1 atom stereocenters. The Balaban J connectivity index is 2.07. The number of furan rings is 1. The quantitative estimate of drug-likeness (QED) is 0.888. The average Bonchev–Trinajstić information content (AvgIpc) is 2.65. The predicted octanol–water partition coefficient (Wildman–Crippen LogP) is 2.47. The van der Waals surface area contributed by atoms with Gasteiger partial charge in [0.15, 0.2) is 4.67 Å². The van der Waals surface area contributed by atoms with E-state index in [4.69, 9.17) is 14.9 Å². The van der Waals surface area contributed by atoms with Gasteiger partial charge in [0.05, 0.1) is 6.26 Å². The van der Waals surface area contributed by atoms with E-state index in [2.05, 4.69) is 15.9 Å². The minimum atomic E-state index is 0.0621. The van der Waals surface area contributed by atoms with E-state index in [0.29, 0.717) is 5.92 Å². The maximum absolute atomic E-state index is 6.17. The summed E-state index contributed by atoms with van der Waals surface area (Å²) < 4.78 is 11.2. The number of ether oxygens (including phenoxy) is 1. The molecule has 14 heavy (non-hydrogen) atoms. The van der Waals surface area contributed by atoms with Gasteiger partial charge in [-0.1, -0.05) is 0 Å². The monoisotopic (exact) mass is 259 g/mol. The van der Waals surface area contributed by atoms with Crippen LogP contribution in [0.3, 0.4) is 0 Å². The number of halogens is 1. The molecule has 2 heterocycles. The molecule has 1 aliphatic rings. The molecule has 1 saturated heterocycles. The summed E-state index contributed by atoms with van der Waals surface area (Å²) in [5.41, 5.74) is 7.24. The van der Waals surface area contributed by atoms with Gasteiger partial charge in [-0.2, -0.15) is 0 Å². The molecular formula is C10H14BrNO2. The van der Waals surface area contributed by atoms with E-state index < -0.39 is 0 Å². The Bertz CT molecular complexity index is 294. The second-order valence-corrected chi connectivity index (χ2v) is 4.35. The molecule has 78 valence electrons. The molecule has 0 aliphatic carbocycles. The van der Waals surface area contributed by atoms with Gasteiger partial charge in [0, 0.05) is 24.8 Å². The van der Waals surface area contributed by atoms with Crippen LogP contribution in [0.15, 0.2) is 21.4 Å². The highest BCUT2D eigenvalue weighted by Gasteiger charge is 2.24. The van der Waals surface area contributed by atoms with Crippen molar-refractivity contribution in [2.75, 3.05) is 13.2 Å². The normalized spacial score (nSPS) is 21.0. The summed E-state index contributed by atoms with van der Waals surface area (Å²) >= 11 is 3.36. The van der Waals surface area contributed by atoms with E-state index in [1.54, 1.807) is 6.26 Å². The molecule has 1 fully saturated rings. The molecule has 2 N–H and O–H groups in total. The van der Waals surface area contributed by atoms with Gasteiger partial charge in [0.1, 0.15) is 0 Å². The summed E-state index contributed by atoms with van der Waals surface area (Å²) in [7, 11) is 0. The molecule has 3 nitrogen and oxygen atoms in total. The molecular weight excluding hydrogens is 246 g/mol. The minimum Gasteiger partial charge on any atom is -0.457 e. The van der Waals surface area contributed by atoms with Crippen molar-refractivity contribution < 1.29 is 9.15 Å². The third-order valence-electron chi connectivity index (χ3n) is 2.78. The summed E-state index contributed by atoms with van der Waals surface area (Å²) in [5.74, 6) is 0.512. The van der Waals surface area contributed by atoms with Gasteiger partial charge in [0.2, 0.25) is 0 Å². The van der Waals surface area contributed by atoms with Crippen LogP contribution >= 0.6 is 15.9 Å². The van der Waals surface area contributed by atoms with Crippen LogP contribution in [0.5, 0.6) is 0 Å². The van der Waals surface area contributed by atoms with Crippen molar-refractivity contribution >= 4 is 15.9 Å². The molecule has 0 bridgehead atoms. The fourth-order valence-electron chi connectivity index (χ4n) is 1.87. The lowest BCUT2D eigenvalue weighted by Crippen LogP contribution is -2.27. The van der Waals surface area contributed by atoms with Crippen molar-refractivity contribution in [2.45, 2.75) is 18.9 Å². The molecule has 1 aromatic rings. The number of nitrogens with two attached hydrogens (primary N) is 1. The van der Waals surface area contributed by atoms with Crippen LogP contribution in [-0.4, -0.2) is 13.2 Å². The second-order valence-electron chi connectivity index (χ2n) is 3.63. The van der Waals surface area contributed by atoms with Crippen LogP contribution in [-0.2, 0) is 4.74 Å². The molecule has 0 aromatic carbocycles. The lowest BCUT2D eigenvalue weighted by Gasteiger charge is -2.27. The Morgan fingerprint density at radius 1 is 1.43 bits per heavy atom. The van der Waals surface area contributed by atoms with Gasteiger partial charge in [0.25, 0.3) is 0 Å². The third kappa shape index (κ3) is 2.02. The smallest absolute Gasteiger partial charge is 0.173 e. The third-order valence-corrected chi connectivity index (χ3v) is 3.42. The van der Waals surface area contributed by atoms with Gasteiger partial charge in [-0.05, 0) is 40.8 Å². The van der Waals surface area contributed by atoms with Crippen molar-refractivity contribution in [1.29, 1.82) is 0 Å². The predicted molar refractivity (Wildman–Crippen MR) is 56.9 cm³/mol. The van der Waals surface area contributed by atoms with Crippen LogP contribution in [0.25, 0.3) is 0 Å². The number of hydrogen-bond acceptors (Lipinski definition) is 3. The van der Waals surface area contributed by atoms with Gasteiger partial charge in [-0.3, -0.25) is 0 Å². The minimum absolute atomic E-state index is 0.0621. The van der Waals surface area contributed by atoms with Gasteiger partial charge < -0.3 is 14.9 Å². The highest BCUT2D eigenvalue weighted by molar-refractivity contribution is 9.10. The molecule has 2 rings (SSSR count). The number of rotatable bonds is 2. The fraction of sp³-hybridized carbons (Fsp3) is 0.600. The topological polar surface area (TPSA) is 48.4 Å². The zero-order chi connectivity index (χ0) is 9.97. The molecule has 0 spiro atoms. The standard InChI is InChI=1S/C10H14BrNO2/c11-10-8(3-6-14-10)9(12)7-1-4-13-5-2-7/h3,6-7,9H,1-2,4-5,12H2. The van der Waals surface area contributed by atoms with Gasteiger partial charge in [-0.25, -0.2) is 0 Å². The first-order valence-corrected chi connectivity index (χ1v) is 5.64. The molecule has 1 aromatic heterocycles. The molecule has 0 amide bonds. The van der Waals surface area contributed by atoms with Crippen LogP contribution < -0.4 is 5.73 Å². The summed E-state index contributed by atoms with van der Waals surface area (Å²) in [4.78, 5) is 0. The van der Waals surface area contributed by atoms with Crippen molar-refractivity contribution in [3.8, 4) is 0 Å². The van der Waals surface area contributed by atoms with E-state index in [-0.39, 0.29) is 6.04 Å². The summed E-state index contributed by atoms with van der Waals surface area (Å²) in [6.07, 6.45) is 3.75. The Kier molecular flexibility index (Phi) is 3.26. The van der Waals surface area contributed by atoms with E-state index in [1.807, 2.05) is 6.07 Å². The van der Waals surface area contributed by atoms with E-state index in [1.165, 1.54) is 0 Å². The first-order chi connectivity index (χ1) is 6.79. The summed E-state index contributed by atoms with van der Waals surface area (Å²) in [6, 6.07) is 2.00. The first-order valence-electron chi connectivity index (χ1n) is 4.85. The largest absolute Gasteiger partial charge is 0.457 e. The van der Waals surface area contributed by atoms with Crippen LogP contribution in [0.1, 0.15) is 24.4 Å². The maximum Gasteiger partial charge on any atom is 0.173 e. The highest BCUT2D eigenvalue weighted by atomic mass is 79.9. The Morgan fingerprint density at radius 3 is 2.71 bits per heavy atom. The highest BCUT2D eigenvalue weighted by Crippen LogP contribution is 2.32. The summed E-state index contributed by atoms with van der Waals surface area (Å²) in [5, 5.41) is 0. The average molecular weight is 260 g/mol. The lowest BCUT2D eigenvalue weighted by atomic mass is 9.89. The SMILES string of the molecule is NC(c1ccoc1Br)C1CCOCC1. The Labute approximate surface area is 91.7 Å². The van der Waals surface area contributed by atoms with Crippen LogP contribution in [0.4, 0.5) is 0 Å². The molecule has 0 saturated carbocycles.